The summed E-state index contributed by atoms with van der Waals surface area (Å²) in [6, 6.07) is 0. The number of aromatic nitrogens is 2. The number of anilines is 1. The van der Waals surface area contributed by atoms with Crippen LogP contribution in [0.2, 0.25) is 0 Å². The van der Waals surface area contributed by atoms with Gasteiger partial charge in [-0.05, 0) is 35.3 Å². The Labute approximate surface area is 128 Å². The third-order valence-electron chi connectivity index (χ3n) is 2.39. The second-order valence-electron chi connectivity index (χ2n) is 5.07. The van der Waals surface area contributed by atoms with Gasteiger partial charge in [0.2, 0.25) is 0 Å². The largest absolute Gasteiger partial charge is 0.369 e. The Kier molecular flexibility index (Phi) is 6.17. The molecule has 0 aliphatic carbocycles. The minimum absolute atomic E-state index is 0.0509. The van der Waals surface area contributed by atoms with Crippen molar-refractivity contribution in [1.82, 2.24) is 9.97 Å². The minimum atomic E-state index is 0.0509. The van der Waals surface area contributed by atoms with E-state index in [0.717, 1.165) is 39.0 Å². The standard InChI is InChI=1S/C13H22IN3S/c1-6-15-12-10(14)11(13(3,4)5)16-9(17-12)8-18-7-2/h6-8H2,1-5H3,(H,15,16,17). The van der Waals surface area contributed by atoms with Gasteiger partial charge in [-0.3, -0.25) is 0 Å². The summed E-state index contributed by atoms with van der Waals surface area (Å²) in [5.41, 5.74) is 1.19. The van der Waals surface area contributed by atoms with Crippen LogP contribution in [0, 0.1) is 3.57 Å². The van der Waals surface area contributed by atoms with Crippen LogP contribution in [-0.4, -0.2) is 22.3 Å². The second-order valence-corrected chi connectivity index (χ2v) is 7.42. The zero-order valence-corrected chi connectivity index (χ0v) is 14.8. The highest BCUT2D eigenvalue weighted by atomic mass is 127. The summed E-state index contributed by atoms with van der Waals surface area (Å²) in [6.07, 6.45) is 0. The van der Waals surface area contributed by atoms with E-state index in [1.807, 2.05) is 11.8 Å². The molecule has 1 rings (SSSR count). The molecular weight excluding hydrogens is 357 g/mol. The molecule has 0 saturated heterocycles. The van der Waals surface area contributed by atoms with Crippen LogP contribution in [0.1, 0.15) is 46.1 Å². The summed E-state index contributed by atoms with van der Waals surface area (Å²) in [5, 5.41) is 3.34. The van der Waals surface area contributed by atoms with Gasteiger partial charge in [0.15, 0.2) is 0 Å². The predicted molar refractivity (Wildman–Crippen MR) is 89.4 cm³/mol. The Morgan fingerprint density at radius 2 is 1.89 bits per heavy atom. The molecule has 1 aromatic rings. The molecule has 0 amide bonds. The highest BCUT2D eigenvalue weighted by Gasteiger charge is 2.22. The highest BCUT2D eigenvalue weighted by Crippen LogP contribution is 2.29. The fraction of sp³-hybridized carbons (Fsp3) is 0.692. The number of hydrogen-bond donors (Lipinski definition) is 1. The Hall–Kier alpha value is -0.0400. The molecule has 0 radical (unpaired) electrons. The number of rotatable bonds is 5. The number of thioether (sulfide) groups is 1. The number of halogens is 1. The molecule has 0 unspecified atom stereocenters. The molecule has 0 aromatic carbocycles. The van der Waals surface area contributed by atoms with Gasteiger partial charge in [-0.1, -0.05) is 27.7 Å². The Balaban J connectivity index is 3.19. The SMILES string of the molecule is CCNc1nc(CSCC)nc(C(C)(C)C)c1I. The third kappa shape index (κ3) is 4.26. The van der Waals surface area contributed by atoms with E-state index in [4.69, 9.17) is 4.98 Å². The monoisotopic (exact) mass is 379 g/mol. The van der Waals surface area contributed by atoms with E-state index in [0.29, 0.717) is 0 Å². The van der Waals surface area contributed by atoms with Crippen LogP contribution in [0.4, 0.5) is 5.82 Å². The molecule has 0 saturated carbocycles. The first-order valence-electron chi connectivity index (χ1n) is 6.28. The van der Waals surface area contributed by atoms with E-state index in [1.54, 1.807) is 0 Å². The summed E-state index contributed by atoms with van der Waals surface area (Å²) in [5.74, 6) is 3.89. The van der Waals surface area contributed by atoms with Gasteiger partial charge in [0.25, 0.3) is 0 Å². The van der Waals surface area contributed by atoms with E-state index < -0.39 is 0 Å². The summed E-state index contributed by atoms with van der Waals surface area (Å²) >= 11 is 4.21. The third-order valence-corrected chi connectivity index (χ3v) is 4.28. The first kappa shape index (κ1) is 16.0. The molecule has 0 aliphatic heterocycles. The van der Waals surface area contributed by atoms with E-state index >= 15 is 0 Å². The lowest BCUT2D eigenvalue weighted by atomic mass is 9.92. The molecule has 1 N–H and O–H groups in total. The zero-order valence-electron chi connectivity index (χ0n) is 11.8. The van der Waals surface area contributed by atoms with Gasteiger partial charge in [-0.2, -0.15) is 11.8 Å². The molecule has 0 atom stereocenters. The maximum atomic E-state index is 4.74. The van der Waals surface area contributed by atoms with Gasteiger partial charge in [0.05, 0.1) is 15.0 Å². The molecule has 3 nitrogen and oxygen atoms in total. The van der Waals surface area contributed by atoms with E-state index in [1.165, 1.54) is 0 Å². The van der Waals surface area contributed by atoms with Crippen molar-refractivity contribution in [2.45, 2.75) is 45.8 Å². The van der Waals surface area contributed by atoms with E-state index in [-0.39, 0.29) is 5.41 Å². The molecule has 0 bridgehead atoms. The number of hydrogen-bond acceptors (Lipinski definition) is 4. The van der Waals surface area contributed by atoms with Crippen LogP contribution in [-0.2, 0) is 11.2 Å². The average Bonchev–Trinajstić information content (AvgIpc) is 2.28. The quantitative estimate of drug-likeness (QED) is 0.783. The molecule has 1 heterocycles. The first-order chi connectivity index (χ1) is 8.40. The van der Waals surface area contributed by atoms with E-state index in [9.17, 15) is 0 Å². The van der Waals surface area contributed by atoms with Gasteiger partial charge in [0, 0.05) is 12.0 Å². The van der Waals surface area contributed by atoms with Crippen molar-refractivity contribution < 1.29 is 0 Å². The van der Waals surface area contributed by atoms with Crippen LogP contribution >= 0.6 is 34.4 Å². The van der Waals surface area contributed by atoms with Crippen LogP contribution in [0.3, 0.4) is 0 Å². The Morgan fingerprint density at radius 3 is 2.39 bits per heavy atom. The lowest BCUT2D eigenvalue weighted by Crippen LogP contribution is -2.19. The van der Waals surface area contributed by atoms with Crippen molar-refractivity contribution in [3.05, 3.63) is 15.1 Å². The molecule has 102 valence electrons. The number of nitrogens with one attached hydrogen (secondary N) is 1. The molecule has 1 aromatic heterocycles. The van der Waals surface area contributed by atoms with Crippen LogP contribution in [0.25, 0.3) is 0 Å². The fourth-order valence-electron chi connectivity index (χ4n) is 1.53. The maximum Gasteiger partial charge on any atom is 0.143 e. The normalized spacial score (nSPS) is 11.7. The molecule has 18 heavy (non-hydrogen) atoms. The predicted octanol–water partition coefficient (Wildman–Crippen LogP) is 4.06. The van der Waals surface area contributed by atoms with Crippen molar-refractivity contribution in [2.24, 2.45) is 0 Å². The van der Waals surface area contributed by atoms with Gasteiger partial charge in [-0.15, -0.1) is 0 Å². The topological polar surface area (TPSA) is 37.8 Å². The average molecular weight is 379 g/mol. The molecular formula is C13H22IN3S. The van der Waals surface area contributed by atoms with Gasteiger partial charge >= 0.3 is 0 Å². The smallest absolute Gasteiger partial charge is 0.143 e. The summed E-state index contributed by atoms with van der Waals surface area (Å²) in [4.78, 5) is 9.37. The second kappa shape index (κ2) is 6.93. The van der Waals surface area contributed by atoms with Crippen molar-refractivity contribution in [1.29, 1.82) is 0 Å². The lowest BCUT2D eigenvalue weighted by molar-refractivity contribution is 0.560. The van der Waals surface area contributed by atoms with Crippen molar-refractivity contribution in [3.8, 4) is 0 Å². The van der Waals surface area contributed by atoms with Gasteiger partial charge in [-0.25, -0.2) is 9.97 Å². The fourth-order valence-corrected chi connectivity index (χ4v) is 3.29. The molecule has 0 aliphatic rings. The zero-order chi connectivity index (χ0) is 13.8. The summed E-state index contributed by atoms with van der Waals surface area (Å²) in [6.45, 7) is 11.7. The minimum Gasteiger partial charge on any atom is -0.369 e. The number of nitrogens with zero attached hydrogens (tertiary/aromatic N) is 2. The summed E-state index contributed by atoms with van der Waals surface area (Å²) in [7, 11) is 0. The summed E-state index contributed by atoms with van der Waals surface area (Å²) < 4.78 is 1.15. The van der Waals surface area contributed by atoms with Gasteiger partial charge in [0.1, 0.15) is 11.6 Å². The van der Waals surface area contributed by atoms with Crippen molar-refractivity contribution in [2.75, 3.05) is 17.6 Å². The molecule has 0 fully saturated rings. The molecule has 5 heteroatoms. The Bertz CT molecular complexity index is 402. The first-order valence-corrected chi connectivity index (χ1v) is 8.52. The van der Waals surface area contributed by atoms with Crippen LogP contribution in [0.15, 0.2) is 0 Å². The maximum absolute atomic E-state index is 4.74. The highest BCUT2D eigenvalue weighted by molar-refractivity contribution is 14.1. The van der Waals surface area contributed by atoms with Gasteiger partial charge < -0.3 is 5.32 Å². The lowest BCUT2D eigenvalue weighted by Gasteiger charge is -2.22. The van der Waals surface area contributed by atoms with E-state index in [2.05, 4.69) is 67.5 Å². The molecule has 0 spiro atoms. The van der Waals surface area contributed by atoms with Crippen molar-refractivity contribution in [3.63, 3.8) is 0 Å². The van der Waals surface area contributed by atoms with Crippen LogP contribution in [0.5, 0.6) is 0 Å². The van der Waals surface area contributed by atoms with Crippen molar-refractivity contribution >= 4 is 40.2 Å². The Morgan fingerprint density at radius 1 is 1.22 bits per heavy atom. The van der Waals surface area contributed by atoms with Crippen LogP contribution < -0.4 is 5.32 Å².